The fraction of sp³-hybridized carbons (Fsp3) is 1.00. The first-order valence-electron chi connectivity index (χ1n) is 4.10. The van der Waals surface area contributed by atoms with E-state index in [2.05, 4.69) is 12.2 Å². The summed E-state index contributed by atoms with van der Waals surface area (Å²) in [7, 11) is 0. The van der Waals surface area contributed by atoms with Gasteiger partial charge < -0.3 is 10.1 Å². The van der Waals surface area contributed by atoms with Crippen molar-refractivity contribution in [2.75, 3.05) is 19.8 Å². The molecule has 0 aromatic carbocycles. The summed E-state index contributed by atoms with van der Waals surface area (Å²) in [4.78, 5) is 0. The lowest BCUT2D eigenvalue weighted by atomic mass is 10.3. The van der Waals surface area contributed by atoms with Crippen molar-refractivity contribution in [3.63, 3.8) is 0 Å². The van der Waals surface area contributed by atoms with E-state index < -0.39 is 0 Å². The van der Waals surface area contributed by atoms with Crippen LogP contribution in [0.1, 0.15) is 26.7 Å². The van der Waals surface area contributed by atoms with Gasteiger partial charge in [0.2, 0.25) is 0 Å². The minimum atomic E-state index is 0.469. The molecule has 0 atom stereocenters. The molecule has 0 aromatic heterocycles. The highest BCUT2D eigenvalue weighted by atomic mass is 16.5. The van der Waals surface area contributed by atoms with Gasteiger partial charge in [0.05, 0.1) is 6.61 Å². The molecule has 0 bridgehead atoms. The molecule has 60 valence electrons. The zero-order chi connectivity index (χ0) is 7.45. The zero-order valence-corrected chi connectivity index (χ0v) is 6.94. The van der Waals surface area contributed by atoms with Crippen LogP contribution in [0.4, 0.5) is 0 Å². The maximum atomic E-state index is 5.19. The van der Waals surface area contributed by atoms with Crippen LogP contribution in [0.2, 0.25) is 0 Å². The summed E-state index contributed by atoms with van der Waals surface area (Å²) in [5.74, 6) is 0. The molecule has 2 heteroatoms. The summed E-state index contributed by atoms with van der Waals surface area (Å²) in [6.07, 6.45) is 2.66. The van der Waals surface area contributed by atoms with Gasteiger partial charge in [0, 0.05) is 18.7 Å². The van der Waals surface area contributed by atoms with Crippen LogP contribution in [0.15, 0.2) is 0 Å². The van der Waals surface area contributed by atoms with Gasteiger partial charge in [-0.1, -0.05) is 0 Å². The van der Waals surface area contributed by atoms with Gasteiger partial charge in [-0.3, -0.25) is 0 Å². The van der Waals surface area contributed by atoms with Gasteiger partial charge in [-0.2, -0.15) is 0 Å². The van der Waals surface area contributed by atoms with E-state index in [0.29, 0.717) is 5.54 Å². The molecule has 0 aliphatic heterocycles. The molecule has 1 N–H and O–H groups in total. The molecule has 1 rings (SSSR count). The van der Waals surface area contributed by atoms with Gasteiger partial charge in [0.1, 0.15) is 0 Å². The molecule has 2 nitrogen and oxygen atoms in total. The van der Waals surface area contributed by atoms with E-state index in [1.54, 1.807) is 0 Å². The molecule has 1 saturated carbocycles. The molecule has 1 aliphatic rings. The predicted octanol–water partition coefficient (Wildman–Crippen LogP) is 1.16. The van der Waals surface area contributed by atoms with Gasteiger partial charge in [0.25, 0.3) is 0 Å². The van der Waals surface area contributed by atoms with Crippen LogP contribution < -0.4 is 5.32 Å². The minimum Gasteiger partial charge on any atom is -0.380 e. The Bertz CT molecular complexity index is 99.4. The molecular weight excluding hydrogens is 126 g/mol. The first-order chi connectivity index (χ1) is 4.77. The van der Waals surface area contributed by atoms with E-state index in [1.807, 2.05) is 6.92 Å². The topological polar surface area (TPSA) is 21.3 Å². The molecule has 0 unspecified atom stereocenters. The number of hydrogen-bond donors (Lipinski definition) is 1. The Hall–Kier alpha value is -0.0800. The highest BCUT2D eigenvalue weighted by molar-refractivity contribution is 4.97. The molecule has 10 heavy (non-hydrogen) atoms. The van der Waals surface area contributed by atoms with E-state index in [1.165, 1.54) is 12.8 Å². The van der Waals surface area contributed by atoms with Crippen molar-refractivity contribution in [1.82, 2.24) is 5.32 Å². The predicted molar refractivity (Wildman–Crippen MR) is 42.1 cm³/mol. The van der Waals surface area contributed by atoms with Crippen LogP contribution in [0.5, 0.6) is 0 Å². The molecule has 0 heterocycles. The second-order valence-electron chi connectivity index (χ2n) is 3.18. The van der Waals surface area contributed by atoms with Gasteiger partial charge in [-0.25, -0.2) is 0 Å². The monoisotopic (exact) mass is 143 g/mol. The Morgan fingerprint density at radius 3 is 2.70 bits per heavy atom. The Morgan fingerprint density at radius 1 is 1.50 bits per heavy atom. The average molecular weight is 143 g/mol. The SMILES string of the molecule is CCOCCNC1(C)CC1. The van der Waals surface area contributed by atoms with E-state index in [-0.39, 0.29) is 0 Å². The number of hydrogen-bond acceptors (Lipinski definition) is 2. The highest BCUT2D eigenvalue weighted by Gasteiger charge is 2.35. The minimum absolute atomic E-state index is 0.469. The lowest BCUT2D eigenvalue weighted by Crippen LogP contribution is -2.30. The molecule has 0 radical (unpaired) electrons. The van der Waals surface area contributed by atoms with E-state index in [9.17, 15) is 0 Å². The van der Waals surface area contributed by atoms with Crippen molar-refractivity contribution in [2.45, 2.75) is 32.2 Å². The standard InChI is InChI=1S/C8H17NO/c1-3-10-7-6-9-8(2)4-5-8/h9H,3-7H2,1-2H3. The second kappa shape index (κ2) is 3.35. The first-order valence-corrected chi connectivity index (χ1v) is 4.10. The number of nitrogens with one attached hydrogen (secondary N) is 1. The van der Waals surface area contributed by atoms with E-state index in [0.717, 1.165) is 19.8 Å². The molecule has 0 spiro atoms. The Balaban J connectivity index is 1.86. The summed E-state index contributed by atoms with van der Waals surface area (Å²) < 4.78 is 5.19. The largest absolute Gasteiger partial charge is 0.380 e. The van der Waals surface area contributed by atoms with Gasteiger partial charge in [0.15, 0.2) is 0 Å². The number of rotatable bonds is 5. The lowest BCUT2D eigenvalue weighted by Gasteiger charge is -2.10. The van der Waals surface area contributed by atoms with Gasteiger partial charge in [-0.05, 0) is 26.7 Å². The van der Waals surface area contributed by atoms with Crippen LogP contribution in [-0.4, -0.2) is 25.3 Å². The molecule has 0 aromatic rings. The van der Waals surface area contributed by atoms with E-state index >= 15 is 0 Å². The zero-order valence-electron chi connectivity index (χ0n) is 6.94. The Morgan fingerprint density at radius 2 is 2.20 bits per heavy atom. The smallest absolute Gasteiger partial charge is 0.0590 e. The van der Waals surface area contributed by atoms with Crippen molar-refractivity contribution < 1.29 is 4.74 Å². The van der Waals surface area contributed by atoms with Crippen LogP contribution >= 0.6 is 0 Å². The third-order valence-corrected chi connectivity index (χ3v) is 2.00. The van der Waals surface area contributed by atoms with Crippen molar-refractivity contribution in [2.24, 2.45) is 0 Å². The highest BCUT2D eigenvalue weighted by Crippen LogP contribution is 2.33. The molecule has 0 amide bonds. The Labute approximate surface area is 63.0 Å². The second-order valence-corrected chi connectivity index (χ2v) is 3.18. The Kier molecular flexibility index (Phi) is 2.69. The van der Waals surface area contributed by atoms with E-state index in [4.69, 9.17) is 4.74 Å². The van der Waals surface area contributed by atoms with Crippen molar-refractivity contribution in [3.05, 3.63) is 0 Å². The van der Waals surface area contributed by atoms with Crippen LogP contribution in [0, 0.1) is 0 Å². The fourth-order valence-corrected chi connectivity index (χ4v) is 0.934. The van der Waals surface area contributed by atoms with Crippen LogP contribution in [0.25, 0.3) is 0 Å². The van der Waals surface area contributed by atoms with Crippen molar-refractivity contribution in [1.29, 1.82) is 0 Å². The first kappa shape index (κ1) is 8.02. The van der Waals surface area contributed by atoms with Gasteiger partial charge >= 0.3 is 0 Å². The summed E-state index contributed by atoms with van der Waals surface area (Å²) in [5.41, 5.74) is 0.469. The molecular formula is C8H17NO. The number of ether oxygens (including phenoxy) is 1. The third-order valence-electron chi connectivity index (χ3n) is 2.00. The summed E-state index contributed by atoms with van der Waals surface area (Å²) in [6.45, 7) is 6.98. The summed E-state index contributed by atoms with van der Waals surface area (Å²) in [5, 5.41) is 3.44. The van der Waals surface area contributed by atoms with Crippen molar-refractivity contribution in [3.8, 4) is 0 Å². The third kappa shape index (κ3) is 2.67. The molecule has 1 fully saturated rings. The van der Waals surface area contributed by atoms with Gasteiger partial charge in [-0.15, -0.1) is 0 Å². The molecule has 1 aliphatic carbocycles. The quantitative estimate of drug-likeness (QED) is 0.583. The normalized spacial score (nSPS) is 21.0. The summed E-state index contributed by atoms with van der Waals surface area (Å²) >= 11 is 0. The summed E-state index contributed by atoms with van der Waals surface area (Å²) in [6, 6.07) is 0. The maximum absolute atomic E-state index is 5.19. The van der Waals surface area contributed by atoms with Crippen molar-refractivity contribution >= 4 is 0 Å². The van der Waals surface area contributed by atoms with Crippen LogP contribution in [0.3, 0.4) is 0 Å². The van der Waals surface area contributed by atoms with Crippen LogP contribution in [-0.2, 0) is 4.74 Å². The lowest BCUT2D eigenvalue weighted by molar-refractivity contribution is 0.146. The average Bonchev–Trinajstić information content (AvgIpc) is 2.62. The maximum Gasteiger partial charge on any atom is 0.0590 e. The molecule has 0 saturated heterocycles. The fourth-order valence-electron chi connectivity index (χ4n) is 0.934.